The molecule has 1 atom stereocenters. The van der Waals surface area contributed by atoms with Crippen molar-refractivity contribution in [3.63, 3.8) is 0 Å². The molecule has 0 rings (SSSR count). The molecular formula is C4H8MgO7S. The maximum Gasteiger partial charge on any atom is 0.325 e. The molecule has 0 bridgehead atoms. The minimum atomic E-state index is -4.84. The lowest BCUT2D eigenvalue weighted by molar-refractivity contribution is -0.143. The van der Waals surface area contributed by atoms with Crippen LogP contribution in [-0.2, 0) is 19.7 Å². The molecular weight excluding hydrogens is 216 g/mol. The highest BCUT2D eigenvalue weighted by Crippen LogP contribution is 2.04. The van der Waals surface area contributed by atoms with Crippen molar-refractivity contribution in [3.05, 3.63) is 0 Å². The molecule has 0 fully saturated rings. The maximum atomic E-state index is 10.2. The summed E-state index contributed by atoms with van der Waals surface area (Å²) in [6.45, 7) is 0. The summed E-state index contributed by atoms with van der Waals surface area (Å²) in [7, 11) is -4.84. The second-order valence-electron chi connectivity index (χ2n) is 1.94. The number of carbonyl (C=O) groups is 2. The highest BCUT2D eigenvalue weighted by Gasteiger charge is 2.33. The molecule has 74 valence electrons. The van der Waals surface area contributed by atoms with Gasteiger partial charge in [-0.3, -0.25) is 14.1 Å². The zero-order valence-corrected chi connectivity index (χ0v) is 6.48. The number of carboxylic acid groups (broad SMARTS) is 2. The first-order valence-electron chi connectivity index (χ1n) is 2.66. The summed E-state index contributed by atoms with van der Waals surface area (Å²) in [6.07, 6.45) is -1.16. The van der Waals surface area contributed by atoms with Crippen LogP contribution in [0.15, 0.2) is 0 Å². The van der Waals surface area contributed by atoms with Gasteiger partial charge in [-0.2, -0.15) is 8.42 Å². The van der Waals surface area contributed by atoms with E-state index in [0.29, 0.717) is 0 Å². The van der Waals surface area contributed by atoms with Crippen LogP contribution in [0.25, 0.3) is 0 Å². The number of hydrogen-bond acceptors (Lipinski definition) is 4. The largest absolute Gasteiger partial charge is 0.481 e. The highest BCUT2D eigenvalue weighted by molar-refractivity contribution is 7.87. The molecule has 7 nitrogen and oxygen atoms in total. The first-order valence-corrected chi connectivity index (χ1v) is 4.16. The Balaban J connectivity index is 0. The number of aliphatic carboxylic acids is 2. The fourth-order valence-corrected chi connectivity index (χ4v) is 1.09. The summed E-state index contributed by atoms with van der Waals surface area (Å²) in [6, 6.07) is 0. The molecule has 0 aromatic heterocycles. The molecule has 0 amide bonds. The predicted molar refractivity (Wildman–Crippen MR) is 43.8 cm³/mol. The minimum Gasteiger partial charge on any atom is -0.481 e. The quantitative estimate of drug-likeness (QED) is 0.368. The van der Waals surface area contributed by atoms with Gasteiger partial charge in [-0.1, -0.05) is 0 Å². The first-order chi connectivity index (χ1) is 5.25. The van der Waals surface area contributed by atoms with Gasteiger partial charge in [-0.05, 0) is 0 Å². The molecule has 9 heteroatoms. The first kappa shape index (κ1) is 15.1. The van der Waals surface area contributed by atoms with Gasteiger partial charge in [0.15, 0.2) is 5.25 Å². The van der Waals surface area contributed by atoms with E-state index in [9.17, 15) is 18.0 Å². The van der Waals surface area contributed by atoms with Crippen LogP contribution in [0, 0.1) is 0 Å². The molecule has 0 aromatic rings. The van der Waals surface area contributed by atoms with E-state index < -0.39 is 33.7 Å². The van der Waals surface area contributed by atoms with Gasteiger partial charge in [-0.15, -0.1) is 0 Å². The average molecular weight is 224 g/mol. The Morgan fingerprint density at radius 2 is 1.62 bits per heavy atom. The summed E-state index contributed by atoms with van der Waals surface area (Å²) in [5, 5.41) is 13.9. The van der Waals surface area contributed by atoms with Crippen molar-refractivity contribution in [2.75, 3.05) is 0 Å². The lowest BCUT2D eigenvalue weighted by Gasteiger charge is -2.04. The normalized spacial score (nSPS) is 12.7. The molecule has 0 aliphatic rings. The molecule has 1 unspecified atom stereocenters. The van der Waals surface area contributed by atoms with E-state index in [0.717, 1.165) is 0 Å². The number of carboxylic acids is 2. The lowest BCUT2D eigenvalue weighted by atomic mass is 10.3. The van der Waals surface area contributed by atoms with Crippen LogP contribution in [0.3, 0.4) is 0 Å². The summed E-state index contributed by atoms with van der Waals surface area (Å²) in [5.74, 6) is -3.50. The van der Waals surface area contributed by atoms with Crippen LogP contribution < -0.4 is 0 Å². The van der Waals surface area contributed by atoms with E-state index in [4.69, 9.17) is 14.8 Å². The van der Waals surface area contributed by atoms with Gasteiger partial charge in [0.25, 0.3) is 10.1 Å². The maximum absolute atomic E-state index is 10.2. The van der Waals surface area contributed by atoms with Crippen LogP contribution in [0.1, 0.15) is 6.42 Å². The zero-order valence-electron chi connectivity index (χ0n) is 5.67. The van der Waals surface area contributed by atoms with E-state index in [1.807, 2.05) is 0 Å². The summed E-state index contributed by atoms with van der Waals surface area (Å²) >= 11 is 0. The Morgan fingerprint density at radius 3 is 1.69 bits per heavy atom. The van der Waals surface area contributed by atoms with Crippen molar-refractivity contribution in [2.24, 2.45) is 0 Å². The Morgan fingerprint density at radius 1 is 1.23 bits per heavy atom. The highest BCUT2D eigenvalue weighted by atomic mass is 32.2. The molecule has 13 heavy (non-hydrogen) atoms. The smallest absolute Gasteiger partial charge is 0.325 e. The molecule has 0 aliphatic heterocycles. The van der Waals surface area contributed by atoms with Gasteiger partial charge in [0.1, 0.15) is 0 Å². The summed E-state index contributed by atoms with van der Waals surface area (Å²) in [4.78, 5) is 20.0. The van der Waals surface area contributed by atoms with Crippen molar-refractivity contribution in [1.82, 2.24) is 0 Å². The van der Waals surface area contributed by atoms with Crippen LogP contribution in [0.2, 0.25) is 0 Å². The molecule has 0 aromatic carbocycles. The standard InChI is InChI=1S/C4H6O7S.Mg.2H/c5-3(6)1-2(4(7)8)12(9,10)11;;;/h2H,1H2,(H,5,6)(H,7,8)(H,9,10,11);;;. The van der Waals surface area contributed by atoms with Crippen LogP contribution in [0.4, 0.5) is 0 Å². The second kappa shape index (κ2) is 5.37. The molecule has 0 spiro atoms. The Labute approximate surface area is 89.6 Å². The van der Waals surface area contributed by atoms with Gasteiger partial charge in [0, 0.05) is 0 Å². The average Bonchev–Trinajstić information content (AvgIpc) is 1.79. The van der Waals surface area contributed by atoms with Crippen molar-refractivity contribution in [2.45, 2.75) is 11.7 Å². The Bertz CT molecular complexity index is 294. The van der Waals surface area contributed by atoms with Crippen molar-refractivity contribution in [1.29, 1.82) is 0 Å². The topological polar surface area (TPSA) is 129 Å². The summed E-state index contributed by atoms with van der Waals surface area (Å²) in [5.41, 5.74) is 0. The summed E-state index contributed by atoms with van der Waals surface area (Å²) < 4.78 is 28.7. The van der Waals surface area contributed by atoms with Gasteiger partial charge in [0.05, 0.1) is 6.42 Å². The predicted octanol–water partition coefficient (Wildman–Crippen LogP) is -2.11. The molecule has 0 aliphatic carbocycles. The molecule has 0 heterocycles. The minimum absolute atomic E-state index is 0. The van der Waals surface area contributed by atoms with E-state index in [-0.39, 0.29) is 23.1 Å². The van der Waals surface area contributed by atoms with Gasteiger partial charge in [0.2, 0.25) is 0 Å². The Hall–Kier alpha value is -0.384. The van der Waals surface area contributed by atoms with Gasteiger partial charge in [-0.25, -0.2) is 0 Å². The SMILES string of the molecule is O=C(O)CC(C(=O)O)S(=O)(=O)O.[MgH2]. The van der Waals surface area contributed by atoms with E-state index in [2.05, 4.69) is 0 Å². The van der Waals surface area contributed by atoms with Crippen LogP contribution in [-0.4, -0.2) is 63.4 Å². The van der Waals surface area contributed by atoms with Crippen molar-refractivity contribution >= 4 is 45.1 Å². The van der Waals surface area contributed by atoms with E-state index in [1.165, 1.54) is 0 Å². The monoisotopic (exact) mass is 224 g/mol. The fraction of sp³-hybridized carbons (Fsp3) is 0.500. The molecule has 0 saturated heterocycles. The third-order valence-electron chi connectivity index (χ3n) is 0.995. The number of rotatable bonds is 4. The van der Waals surface area contributed by atoms with Crippen LogP contribution in [0.5, 0.6) is 0 Å². The van der Waals surface area contributed by atoms with Crippen molar-refractivity contribution < 1.29 is 32.8 Å². The van der Waals surface area contributed by atoms with E-state index in [1.54, 1.807) is 0 Å². The van der Waals surface area contributed by atoms with Gasteiger partial charge >= 0.3 is 35.0 Å². The van der Waals surface area contributed by atoms with Gasteiger partial charge < -0.3 is 10.2 Å². The molecule has 0 radical (unpaired) electrons. The number of hydrogen-bond donors (Lipinski definition) is 3. The van der Waals surface area contributed by atoms with E-state index >= 15 is 0 Å². The van der Waals surface area contributed by atoms with Crippen LogP contribution >= 0.6 is 0 Å². The second-order valence-corrected chi connectivity index (χ2v) is 3.54. The zero-order chi connectivity index (χ0) is 9.94. The lowest BCUT2D eigenvalue weighted by Crippen LogP contribution is -2.31. The third-order valence-corrected chi connectivity index (χ3v) is 2.08. The molecule has 3 N–H and O–H groups in total. The Kier molecular flexibility index (Phi) is 6.24. The van der Waals surface area contributed by atoms with Crippen molar-refractivity contribution in [3.8, 4) is 0 Å². The fourth-order valence-electron chi connectivity index (χ4n) is 0.479. The third kappa shape index (κ3) is 5.79. The molecule has 0 saturated carbocycles.